The Balaban J connectivity index is 1.59. The average molecular weight is 549 g/mol. The molecule has 1 aromatic carbocycles. The van der Waals surface area contributed by atoms with Crippen molar-refractivity contribution in [2.75, 3.05) is 11.9 Å². The molecule has 4 heterocycles. The molecule has 1 aliphatic heterocycles. The summed E-state index contributed by atoms with van der Waals surface area (Å²) in [7, 11) is 1.86. The SMILES string of the molecule is CCn1c(=O)/c(=C2\Sc3c(ccc(F)c3C)N2C)s/c1=C\c1cccc[n+]1Cc1ccc(C(F)(F)F)o1. The van der Waals surface area contributed by atoms with E-state index in [1.807, 2.05) is 37.1 Å². The molecule has 192 valence electrons. The lowest BCUT2D eigenvalue weighted by Gasteiger charge is -2.12. The van der Waals surface area contributed by atoms with Crippen LogP contribution in [0.15, 0.2) is 62.8 Å². The van der Waals surface area contributed by atoms with Crippen molar-refractivity contribution in [3.8, 4) is 0 Å². The summed E-state index contributed by atoms with van der Waals surface area (Å²) in [6, 6.07) is 10.8. The Labute approximate surface area is 217 Å². The number of halogens is 4. The van der Waals surface area contributed by atoms with Crippen LogP contribution in [0, 0.1) is 12.7 Å². The van der Waals surface area contributed by atoms with Crippen LogP contribution in [0.25, 0.3) is 11.1 Å². The Hall–Kier alpha value is -3.31. The first-order valence-electron chi connectivity index (χ1n) is 11.4. The number of thioether (sulfide) groups is 1. The topological polar surface area (TPSA) is 42.3 Å². The number of anilines is 1. The standard InChI is InChI=1S/C26H22F4N3O2S2/c1-4-33-21(13-16-7-5-6-12-32(16)14-17-8-11-20(35-17)26(28,29)30)36-23(24(33)34)25-31(3)19-10-9-18(27)15(2)22(19)37-25/h5-13H,4,14H2,1-3H3/q+1/b25-23+. The number of hydrogen-bond acceptors (Lipinski definition) is 5. The molecule has 0 spiro atoms. The van der Waals surface area contributed by atoms with Crippen molar-refractivity contribution in [2.24, 2.45) is 0 Å². The fourth-order valence-corrected chi connectivity index (χ4v) is 6.71. The van der Waals surface area contributed by atoms with Gasteiger partial charge in [-0.1, -0.05) is 11.8 Å². The van der Waals surface area contributed by atoms with Crippen LogP contribution in [0.2, 0.25) is 0 Å². The number of alkyl halides is 3. The Bertz CT molecular complexity index is 1680. The zero-order valence-corrected chi connectivity index (χ0v) is 21.7. The maximum absolute atomic E-state index is 14.2. The zero-order chi connectivity index (χ0) is 26.5. The van der Waals surface area contributed by atoms with Gasteiger partial charge in [-0.25, -0.2) is 4.39 Å². The Kier molecular flexibility index (Phi) is 6.53. The summed E-state index contributed by atoms with van der Waals surface area (Å²) >= 11 is 2.70. The summed E-state index contributed by atoms with van der Waals surface area (Å²) < 4.78 is 62.7. The molecule has 0 bridgehead atoms. The van der Waals surface area contributed by atoms with Crippen LogP contribution in [-0.2, 0) is 19.3 Å². The second-order valence-corrected chi connectivity index (χ2v) is 10.5. The average Bonchev–Trinajstić information content (AvgIpc) is 3.54. The van der Waals surface area contributed by atoms with E-state index in [1.165, 1.54) is 35.2 Å². The summed E-state index contributed by atoms with van der Waals surface area (Å²) in [5.41, 5.74) is 1.93. The summed E-state index contributed by atoms with van der Waals surface area (Å²) in [6.07, 6.45) is -0.967. The molecular formula is C26H22F4N3O2S2+. The van der Waals surface area contributed by atoms with Crippen LogP contribution in [0.1, 0.15) is 29.7 Å². The number of benzene rings is 1. The molecule has 0 atom stereocenters. The first-order valence-corrected chi connectivity index (χ1v) is 13.0. The minimum Gasteiger partial charge on any atom is -0.450 e. The molecule has 37 heavy (non-hydrogen) atoms. The van der Waals surface area contributed by atoms with Crippen LogP contribution in [0.3, 0.4) is 0 Å². The van der Waals surface area contributed by atoms with Crippen LogP contribution in [0.4, 0.5) is 23.2 Å². The van der Waals surface area contributed by atoms with Gasteiger partial charge in [0.2, 0.25) is 18.0 Å². The van der Waals surface area contributed by atoms with E-state index in [0.717, 1.165) is 21.7 Å². The van der Waals surface area contributed by atoms with Crippen LogP contribution in [-0.4, -0.2) is 11.6 Å². The van der Waals surface area contributed by atoms with Crippen LogP contribution in [0.5, 0.6) is 0 Å². The van der Waals surface area contributed by atoms with Gasteiger partial charge < -0.3 is 9.32 Å². The van der Waals surface area contributed by atoms with Crippen molar-refractivity contribution >= 4 is 39.9 Å². The molecule has 0 aliphatic carbocycles. The lowest BCUT2D eigenvalue weighted by atomic mass is 10.2. The Morgan fingerprint density at radius 2 is 1.92 bits per heavy atom. The first-order chi connectivity index (χ1) is 17.6. The van der Waals surface area contributed by atoms with Crippen molar-refractivity contribution in [1.29, 1.82) is 0 Å². The van der Waals surface area contributed by atoms with Crippen molar-refractivity contribution in [3.05, 3.63) is 96.8 Å². The van der Waals surface area contributed by atoms with Gasteiger partial charge in [-0.15, -0.1) is 11.3 Å². The van der Waals surface area contributed by atoms with Crippen molar-refractivity contribution in [3.63, 3.8) is 0 Å². The highest BCUT2D eigenvalue weighted by molar-refractivity contribution is 8.08. The summed E-state index contributed by atoms with van der Waals surface area (Å²) in [6.45, 7) is 4.12. The number of thiazole rings is 1. The van der Waals surface area contributed by atoms with Gasteiger partial charge in [-0.2, -0.15) is 17.7 Å². The van der Waals surface area contributed by atoms with Crippen molar-refractivity contribution < 1.29 is 26.5 Å². The number of furan rings is 1. The zero-order valence-electron chi connectivity index (χ0n) is 20.1. The van der Waals surface area contributed by atoms with Gasteiger partial charge in [0.05, 0.1) is 5.69 Å². The number of aromatic nitrogens is 2. The highest BCUT2D eigenvalue weighted by atomic mass is 32.2. The summed E-state index contributed by atoms with van der Waals surface area (Å²) in [4.78, 5) is 16.1. The van der Waals surface area contributed by atoms with Gasteiger partial charge in [0, 0.05) is 42.3 Å². The molecule has 5 rings (SSSR count). The quantitative estimate of drug-likeness (QED) is 0.279. The van der Waals surface area contributed by atoms with Crippen LogP contribution < -0.4 is 24.2 Å². The van der Waals surface area contributed by atoms with E-state index in [4.69, 9.17) is 4.42 Å². The Morgan fingerprint density at radius 1 is 1.14 bits per heavy atom. The van der Waals surface area contributed by atoms with Crippen LogP contribution >= 0.6 is 23.1 Å². The minimum atomic E-state index is -4.55. The molecule has 0 unspecified atom stereocenters. The van der Waals surface area contributed by atoms with E-state index in [9.17, 15) is 22.4 Å². The van der Waals surface area contributed by atoms with E-state index in [-0.39, 0.29) is 23.7 Å². The summed E-state index contributed by atoms with van der Waals surface area (Å²) in [5.74, 6) is -1.17. The molecule has 11 heteroatoms. The molecule has 1 aliphatic rings. The molecule has 0 saturated carbocycles. The van der Waals surface area contributed by atoms with Crippen molar-refractivity contribution in [1.82, 2.24) is 4.57 Å². The van der Waals surface area contributed by atoms with E-state index in [0.29, 0.717) is 27.0 Å². The lowest BCUT2D eigenvalue weighted by molar-refractivity contribution is -0.691. The van der Waals surface area contributed by atoms with Gasteiger partial charge in [0.25, 0.3) is 5.56 Å². The summed E-state index contributed by atoms with van der Waals surface area (Å²) in [5, 5.41) is 0.733. The van der Waals surface area contributed by atoms with Gasteiger partial charge in [-0.05, 0) is 44.2 Å². The molecule has 0 saturated heterocycles. The number of fused-ring (bicyclic) bond motifs is 1. The number of nitrogens with zero attached hydrogens (tertiary/aromatic N) is 3. The fourth-order valence-electron chi connectivity index (χ4n) is 4.16. The number of hydrogen-bond donors (Lipinski definition) is 0. The third-order valence-electron chi connectivity index (χ3n) is 6.12. The van der Waals surface area contributed by atoms with Gasteiger partial charge in [0.1, 0.15) is 20.0 Å². The van der Waals surface area contributed by atoms with E-state index in [2.05, 4.69) is 0 Å². The third-order valence-corrected chi connectivity index (χ3v) is 8.76. The third kappa shape index (κ3) is 4.61. The molecule has 0 N–H and O–H groups in total. The molecular weight excluding hydrogens is 526 g/mol. The normalized spacial score (nSPS) is 15.5. The molecule has 3 aromatic heterocycles. The Morgan fingerprint density at radius 3 is 2.62 bits per heavy atom. The number of pyridine rings is 1. The van der Waals surface area contributed by atoms with Gasteiger partial charge in [-0.3, -0.25) is 9.36 Å². The second-order valence-electron chi connectivity index (χ2n) is 8.47. The molecule has 0 fully saturated rings. The molecule has 0 amide bonds. The minimum absolute atomic E-state index is 0.0907. The predicted octanol–water partition coefficient (Wildman–Crippen LogP) is 4.46. The molecule has 4 aromatic rings. The largest absolute Gasteiger partial charge is 0.450 e. The second kappa shape index (κ2) is 9.53. The lowest BCUT2D eigenvalue weighted by Crippen LogP contribution is -2.38. The van der Waals surface area contributed by atoms with Gasteiger partial charge in [0.15, 0.2) is 12.0 Å². The maximum atomic E-state index is 14.2. The van der Waals surface area contributed by atoms with Crippen molar-refractivity contribution in [2.45, 2.75) is 38.0 Å². The van der Waals surface area contributed by atoms with Gasteiger partial charge >= 0.3 is 6.18 Å². The predicted molar refractivity (Wildman–Crippen MR) is 135 cm³/mol. The molecule has 0 radical (unpaired) electrons. The highest BCUT2D eigenvalue weighted by Crippen LogP contribution is 2.47. The highest BCUT2D eigenvalue weighted by Gasteiger charge is 2.35. The fraction of sp³-hybridized carbons (Fsp3) is 0.231. The molecule has 5 nitrogen and oxygen atoms in total. The van der Waals surface area contributed by atoms with E-state index < -0.39 is 11.9 Å². The number of rotatable bonds is 4. The van der Waals surface area contributed by atoms with E-state index >= 15 is 0 Å². The van der Waals surface area contributed by atoms with E-state index in [1.54, 1.807) is 34.4 Å². The maximum Gasteiger partial charge on any atom is 0.449 e. The monoisotopic (exact) mass is 548 g/mol. The smallest absolute Gasteiger partial charge is 0.449 e. The first kappa shape index (κ1) is 25.3.